The Morgan fingerprint density at radius 2 is 1.71 bits per heavy atom. The van der Waals surface area contributed by atoms with Crippen LogP contribution >= 0.6 is 22.7 Å². The number of nitrogens with zero attached hydrogens (tertiary/aromatic N) is 1. The number of para-hydroxylation sites is 1. The van der Waals surface area contributed by atoms with Gasteiger partial charge in [-0.2, -0.15) is 0 Å². The Kier molecular flexibility index (Phi) is 5.35. The van der Waals surface area contributed by atoms with Gasteiger partial charge in [-0.15, -0.1) is 22.7 Å². The molecule has 3 aromatic rings. The maximum Gasteiger partial charge on any atom is 0.231 e. The van der Waals surface area contributed by atoms with Crippen LogP contribution in [0.25, 0.3) is 0 Å². The molecule has 0 fully saturated rings. The van der Waals surface area contributed by atoms with Crippen LogP contribution in [0.5, 0.6) is 0 Å². The molecule has 2 heterocycles. The molecule has 5 nitrogen and oxygen atoms in total. The second-order valence-electron chi connectivity index (χ2n) is 5.04. The number of rotatable bonds is 6. The van der Waals surface area contributed by atoms with Gasteiger partial charge in [0.2, 0.25) is 11.8 Å². The Labute approximate surface area is 147 Å². The first-order valence-electron chi connectivity index (χ1n) is 7.30. The predicted octanol–water partition coefficient (Wildman–Crippen LogP) is 3.57. The number of nitrogens with one attached hydrogen (secondary N) is 2. The van der Waals surface area contributed by atoms with E-state index >= 15 is 0 Å². The van der Waals surface area contributed by atoms with Crippen LogP contribution in [0.15, 0.2) is 53.2 Å². The number of carbonyl (C=O) groups is 2. The lowest BCUT2D eigenvalue weighted by molar-refractivity contribution is -0.116. The molecule has 0 atom stereocenters. The highest BCUT2D eigenvalue weighted by molar-refractivity contribution is 7.14. The molecular formula is C17H15N3O2S2. The second kappa shape index (κ2) is 7.85. The number of thiazole rings is 1. The van der Waals surface area contributed by atoms with Gasteiger partial charge in [0.05, 0.1) is 18.5 Å². The van der Waals surface area contributed by atoms with E-state index in [4.69, 9.17) is 0 Å². The van der Waals surface area contributed by atoms with E-state index in [0.29, 0.717) is 17.2 Å². The van der Waals surface area contributed by atoms with Crippen LogP contribution in [-0.4, -0.2) is 16.8 Å². The van der Waals surface area contributed by atoms with Gasteiger partial charge in [-0.05, 0) is 23.6 Å². The minimum absolute atomic E-state index is 0.105. The number of anilines is 2. The van der Waals surface area contributed by atoms with Crippen molar-refractivity contribution >= 4 is 45.3 Å². The highest BCUT2D eigenvalue weighted by atomic mass is 32.1. The Morgan fingerprint density at radius 1 is 0.917 bits per heavy atom. The number of amides is 2. The van der Waals surface area contributed by atoms with Crippen molar-refractivity contribution in [2.75, 3.05) is 10.6 Å². The summed E-state index contributed by atoms with van der Waals surface area (Å²) in [5, 5.41) is 9.81. The molecular weight excluding hydrogens is 342 g/mol. The van der Waals surface area contributed by atoms with Gasteiger partial charge < -0.3 is 10.6 Å². The van der Waals surface area contributed by atoms with Crippen molar-refractivity contribution < 1.29 is 9.59 Å². The number of hydrogen-bond acceptors (Lipinski definition) is 5. The zero-order valence-corrected chi connectivity index (χ0v) is 14.3. The van der Waals surface area contributed by atoms with E-state index in [2.05, 4.69) is 15.6 Å². The smallest absolute Gasteiger partial charge is 0.231 e. The van der Waals surface area contributed by atoms with E-state index in [1.807, 2.05) is 47.8 Å². The van der Waals surface area contributed by atoms with Crippen molar-refractivity contribution in [1.29, 1.82) is 0 Å². The van der Waals surface area contributed by atoms with Crippen molar-refractivity contribution in [3.05, 3.63) is 63.8 Å². The summed E-state index contributed by atoms with van der Waals surface area (Å²) in [6, 6.07) is 13.1. The van der Waals surface area contributed by atoms with Gasteiger partial charge in [0, 0.05) is 15.9 Å². The average molecular weight is 357 g/mol. The van der Waals surface area contributed by atoms with Gasteiger partial charge in [-0.1, -0.05) is 24.3 Å². The fourth-order valence-corrected chi connectivity index (χ4v) is 3.50. The maximum atomic E-state index is 12.0. The van der Waals surface area contributed by atoms with Crippen LogP contribution in [0, 0.1) is 0 Å². The zero-order chi connectivity index (χ0) is 16.8. The second-order valence-corrected chi connectivity index (χ2v) is 6.93. The topological polar surface area (TPSA) is 71.1 Å². The minimum atomic E-state index is -0.136. The number of carbonyl (C=O) groups excluding carboxylic acids is 2. The van der Waals surface area contributed by atoms with E-state index in [1.54, 1.807) is 16.7 Å². The molecule has 3 rings (SSSR count). The van der Waals surface area contributed by atoms with Gasteiger partial charge in [0.15, 0.2) is 5.13 Å². The molecule has 2 amide bonds. The highest BCUT2D eigenvalue weighted by Crippen LogP contribution is 2.17. The molecule has 24 heavy (non-hydrogen) atoms. The molecule has 0 unspecified atom stereocenters. The standard InChI is InChI=1S/C17H15N3O2S2/c21-15(18-12-5-2-1-3-6-12)9-13-11-24-17(19-13)20-16(22)10-14-7-4-8-23-14/h1-8,11H,9-10H2,(H,18,21)(H,19,20,22). The molecule has 2 N–H and O–H groups in total. The summed E-state index contributed by atoms with van der Waals surface area (Å²) in [6.07, 6.45) is 0.507. The zero-order valence-electron chi connectivity index (χ0n) is 12.7. The molecule has 2 aromatic heterocycles. The van der Waals surface area contributed by atoms with Crippen molar-refractivity contribution in [3.8, 4) is 0 Å². The predicted molar refractivity (Wildman–Crippen MR) is 97.5 cm³/mol. The molecule has 0 spiro atoms. The summed E-state index contributed by atoms with van der Waals surface area (Å²) >= 11 is 2.86. The van der Waals surface area contributed by atoms with E-state index in [-0.39, 0.29) is 18.2 Å². The lowest BCUT2D eigenvalue weighted by Crippen LogP contribution is -2.15. The SMILES string of the molecule is O=C(Cc1csc(NC(=O)Cc2cccs2)n1)Nc1ccccc1. The largest absolute Gasteiger partial charge is 0.326 e. The van der Waals surface area contributed by atoms with Gasteiger partial charge >= 0.3 is 0 Å². The fraction of sp³-hybridized carbons (Fsp3) is 0.118. The van der Waals surface area contributed by atoms with Gasteiger partial charge in [-0.25, -0.2) is 4.98 Å². The normalized spacial score (nSPS) is 10.3. The Balaban J connectivity index is 1.51. The van der Waals surface area contributed by atoms with Gasteiger partial charge in [0.25, 0.3) is 0 Å². The first-order chi connectivity index (χ1) is 11.7. The van der Waals surface area contributed by atoms with Crippen LogP contribution in [0.4, 0.5) is 10.8 Å². The first-order valence-corrected chi connectivity index (χ1v) is 9.06. The highest BCUT2D eigenvalue weighted by Gasteiger charge is 2.11. The molecule has 0 aliphatic carbocycles. The van der Waals surface area contributed by atoms with Crippen molar-refractivity contribution in [3.63, 3.8) is 0 Å². The Morgan fingerprint density at radius 3 is 2.46 bits per heavy atom. The molecule has 7 heteroatoms. The van der Waals surface area contributed by atoms with Crippen LogP contribution in [0.2, 0.25) is 0 Å². The molecule has 0 saturated carbocycles. The Bertz CT molecular complexity index is 814. The van der Waals surface area contributed by atoms with E-state index in [9.17, 15) is 9.59 Å². The van der Waals surface area contributed by atoms with E-state index in [1.165, 1.54) is 11.3 Å². The summed E-state index contributed by atoms with van der Waals surface area (Å²) < 4.78 is 0. The molecule has 1 aromatic carbocycles. The summed E-state index contributed by atoms with van der Waals surface area (Å²) in [7, 11) is 0. The minimum Gasteiger partial charge on any atom is -0.326 e. The molecule has 122 valence electrons. The third-order valence-corrected chi connectivity index (χ3v) is 4.80. The van der Waals surface area contributed by atoms with Crippen LogP contribution in [-0.2, 0) is 22.4 Å². The summed E-state index contributed by atoms with van der Waals surface area (Å²) in [5.41, 5.74) is 1.39. The van der Waals surface area contributed by atoms with Gasteiger partial charge in [0.1, 0.15) is 0 Å². The van der Waals surface area contributed by atoms with Gasteiger partial charge in [-0.3, -0.25) is 9.59 Å². The Hall–Kier alpha value is -2.51. The van der Waals surface area contributed by atoms with Crippen molar-refractivity contribution in [1.82, 2.24) is 4.98 Å². The molecule has 0 bridgehead atoms. The quantitative estimate of drug-likeness (QED) is 0.708. The lowest BCUT2D eigenvalue weighted by Gasteiger charge is -2.03. The number of aromatic nitrogens is 1. The van der Waals surface area contributed by atoms with E-state index in [0.717, 1.165) is 10.6 Å². The fourth-order valence-electron chi connectivity index (χ4n) is 2.07. The maximum absolute atomic E-state index is 12.0. The lowest BCUT2D eigenvalue weighted by atomic mass is 10.3. The van der Waals surface area contributed by atoms with Crippen LogP contribution < -0.4 is 10.6 Å². The summed E-state index contributed by atoms with van der Waals surface area (Å²) in [5.74, 6) is -0.241. The number of hydrogen-bond donors (Lipinski definition) is 2. The summed E-state index contributed by atoms with van der Waals surface area (Å²) in [6.45, 7) is 0. The number of benzene rings is 1. The monoisotopic (exact) mass is 357 g/mol. The third-order valence-electron chi connectivity index (χ3n) is 3.11. The van der Waals surface area contributed by atoms with E-state index < -0.39 is 0 Å². The van der Waals surface area contributed by atoms with Crippen molar-refractivity contribution in [2.24, 2.45) is 0 Å². The molecule has 0 aliphatic heterocycles. The molecule has 0 aliphatic rings. The number of thiophene rings is 1. The molecule has 0 saturated heterocycles. The van der Waals surface area contributed by atoms with Crippen molar-refractivity contribution in [2.45, 2.75) is 12.8 Å². The first kappa shape index (κ1) is 16.4. The molecule has 0 radical (unpaired) electrons. The average Bonchev–Trinajstić information content (AvgIpc) is 3.20. The third kappa shape index (κ3) is 4.74. The van der Waals surface area contributed by atoms with Crippen LogP contribution in [0.1, 0.15) is 10.6 Å². The summed E-state index contributed by atoms with van der Waals surface area (Å²) in [4.78, 5) is 29.2. The van der Waals surface area contributed by atoms with Crippen LogP contribution in [0.3, 0.4) is 0 Å².